The zero-order chi connectivity index (χ0) is 30.2. The van der Waals surface area contributed by atoms with Crippen LogP contribution in [0.15, 0.2) is 35.9 Å². The van der Waals surface area contributed by atoms with Gasteiger partial charge in [-0.05, 0) is 68.1 Å². The molecule has 3 aliphatic rings. The van der Waals surface area contributed by atoms with Crippen molar-refractivity contribution in [3.8, 4) is 0 Å². The van der Waals surface area contributed by atoms with Gasteiger partial charge in [0.05, 0.1) is 25.7 Å². The van der Waals surface area contributed by atoms with Gasteiger partial charge in [-0.25, -0.2) is 4.79 Å². The standard InChI is InChI=1S/C32H46ClN3O6/c1-22-5-7-28(37)21-30(38)42-31(23(2)6-8-29(22)41-32(39)36-11-9-34(4)10-12-36)24(3)17-25-18-26(33)20-27(19-25)35-13-15-40-16-14-35/h6,8,17-20,22-23,28-29,31,37H,5,7,9-16,21H2,1-4H3/b8-6+,24-17+/t22-,23-,28+,29+,31-/m0/s1. The summed E-state index contributed by atoms with van der Waals surface area (Å²) in [4.78, 5) is 32.1. The lowest BCUT2D eigenvalue weighted by Gasteiger charge is -2.33. The first-order valence-corrected chi connectivity index (χ1v) is 15.5. The van der Waals surface area contributed by atoms with Gasteiger partial charge in [-0.2, -0.15) is 0 Å². The lowest BCUT2D eigenvalue weighted by atomic mass is 9.91. The first kappa shape index (κ1) is 32.3. The maximum atomic E-state index is 13.0. The third-order valence-corrected chi connectivity index (χ3v) is 8.60. The first-order valence-electron chi connectivity index (χ1n) is 15.1. The Morgan fingerprint density at radius 2 is 1.76 bits per heavy atom. The van der Waals surface area contributed by atoms with Crippen LogP contribution < -0.4 is 4.90 Å². The number of hydrogen-bond donors (Lipinski definition) is 1. The Morgan fingerprint density at radius 3 is 2.48 bits per heavy atom. The molecule has 3 aliphatic heterocycles. The molecule has 1 N–H and O–H groups in total. The summed E-state index contributed by atoms with van der Waals surface area (Å²) in [6, 6.07) is 5.93. The van der Waals surface area contributed by atoms with E-state index in [1.165, 1.54) is 0 Å². The monoisotopic (exact) mass is 603 g/mol. The fourth-order valence-corrected chi connectivity index (χ4v) is 5.90. The minimum Gasteiger partial charge on any atom is -0.457 e. The number of carbonyl (C=O) groups is 2. The number of carbonyl (C=O) groups excluding carboxylic acids is 2. The highest BCUT2D eigenvalue weighted by Gasteiger charge is 2.29. The third-order valence-electron chi connectivity index (χ3n) is 8.38. The van der Waals surface area contributed by atoms with Gasteiger partial charge in [0.25, 0.3) is 0 Å². The molecule has 42 heavy (non-hydrogen) atoms. The predicted octanol–water partition coefficient (Wildman–Crippen LogP) is 4.62. The molecule has 2 fully saturated rings. The number of hydrogen-bond acceptors (Lipinski definition) is 8. The lowest BCUT2D eigenvalue weighted by Crippen LogP contribution is -2.48. The van der Waals surface area contributed by atoms with Crippen LogP contribution in [0, 0.1) is 11.8 Å². The van der Waals surface area contributed by atoms with Crippen molar-refractivity contribution in [3.63, 3.8) is 0 Å². The van der Waals surface area contributed by atoms with Gasteiger partial charge in [0.2, 0.25) is 0 Å². The number of benzene rings is 1. The highest BCUT2D eigenvalue weighted by molar-refractivity contribution is 6.31. The van der Waals surface area contributed by atoms with Crippen molar-refractivity contribution in [2.75, 3.05) is 64.4 Å². The highest BCUT2D eigenvalue weighted by Crippen LogP contribution is 2.28. The molecule has 2 saturated heterocycles. The van der Waals surface area contributed by atoms with Crippen molar-refractivity contribution in [1.29, 1.82) is 0 Å². The zero-order valence-electron chi connectivity index (χ0n) is 25.3. The average molecular weight is 604 g/mol. The molecule has 0 saturated carbocycles. The van der Waals surface area contributed by atoms with Crippen molar-refractivity contribution in [2.45, 2.75) is 58.3 Å². The number of piperazine rings is 1. The van der Waals surface area contributed by atoms with Crippen LogP contribution in [0.2, 0.25) is 5.02 Å². The summed E-state index contributed by atoms with van der Waals surface area (Å²) in [6.45, 7) is 11.8. The van der Waals surface area contributed by atoms with E-state index in [4.69, 9.17) is 25.8 Å². The smallest absolute Gasteiger partial charge is 0.410 e. The second-order valence-electron chi connectivity index (χ2n) is 11.9. The second-order valence-corrected chi connectivity index (χ2v) is 12.4. The van der Waals surface area contributed by atoms with Crippen LogP contribution in [-0.4, -0.2) is 105 Å². The van der Waals surface area contributed by atoms with E-state index in [9.17, 15) is 14.7 Å². The van der Waals surface area contributed by atoms with Crippen molar-refractivity contribution >= 4 is 35.4 Å². The predicted molar refractivity (Wildman–Crippen MR) is 165 cm³/mol. The molecule has 3 heterocycles. The quantitative estimate of drug-likeness (QED) is 0.394. The number of rotatable bonds is 4. The van der Waals surface area contributed by atoms with Gasteiger partial charge in [0, 0.05) is 55.9 Å². The zero-order valence-corrected chi connectivity index (χ0v) is 26.1. The van der Waals surface area contributed by atoms with Gasteiger partial charge >= 0.3 is 12.1 Å². The van der Waals surface area contributed by atoms with Gasteiger partial charge in [-0.3, -0.25) is 4.79 Å². The maximum Gasteiger partial charge on any atom is 0.410 e. The summed E-state index contributed by atoms with van der Waals surface area (Å²) in [5, 5.41) is 11.2. The molecule has 0 bridgehead atoms. The van der Waals surface area contributed by atoms with E-state index in [1.807, 2.05) is 58.2 Å². The van der Waals surface area contributed by atoms with Crippen molar-refractivity contribution < 1.29 is 28.9 Å². The summed E-state index contributed by atoms with van der Waals surface area (Å²) < 4.78 is 17.5. The molecule has 1 aromatic rings. The minimum atomic E-state index is -0.832. The number of nitrogens with zero attached hydrogens (tertiary/aromatic N) is 3. The van der Waals surface area contributed by atoms with E-state index in [0.29, 0.717) is 44.2 Å². The maximum absolute atomic E-state index is 13.0. The van der Waals surface area contributed by atoms with E-state index >= 15 is 0 Å². The Hall–Kier alpha value is -2.59. The number of amides is 1. The number of aliphatic hydroxyl groups excluding tert-OH is 1. The highest BCUT2D eigenvalue weighted by atomic mass is 35.5. The van der Waals surface area contributed by atoms with E-state index in [-0.39, 0.29) is 24.3 Å². The van der Waals surface area contributed by atoms with Crippen LogP contribution >= 0.6 is 11.6 Å². The Morgan fingerprint density at radius 1 is 1.05 bits per heavy atom. The molecule has 0 spiro atoms. The van der Waals surface area contributed by atoms with Gasteiger partial charge in [0.15, 0.2) is 0 Å². The number of morpholine rings is 1. The summed E-state index contributed by atoms with van der Waals surface area (Å²) in [5.74, 6) is -0.682. The summed E-state index contributed by atoms with van der Waals surface area (Å²) in [6.07, 6.45) is 4.63. The van der Waals surface area contributed by atoms with E-state index < -0.39 is 24.3 Å². The molecule has 10 heteroatoms. The number of cyclic esters (lactones) is 1. The lowest BCUT2D eigenvalue weighted by molar-refractivity contribution is -0.151. The van der Waals surface area contributed by atoms with Crippen LogP contribution in [-0.2, 0) is 19.0 Å². The summed E-state index contributed by atoms with van der Waals surface area (Å²) in [5.41, 5.74) is 2.78. The molecule has 0 aromatic heterocycles. The normalized spacial score (nSPS) is 29.7. The molecule has 9 nitrogen and oxygen atoms in total. The second kappa shape index (κ2) is 15.2. The number of aliphatic hydroxyl groups is 1. The van der Waals surface area contributed by atoms with Crippen LogP contribution in [0.25, 0.3) is 6.08 Å². The molecule has 1 aromatic carbocycles. The number of ether oxygens (including phenoxy) is 3. The Balaban J connectivity index is 1.56. The topological polar surface area (TPSA) is 91.8 Å². The first-order chi connectivity index (χ1) is 20.1. The minimum absolute atomic E-state index is 0.0323. The van der Waals surface area contributed by atoms with Gasteiger partial charge in [0.1, 0.15) is 12.2 Å². The van der Waals surface area contributed by atoms with Crippen molar-refractivity contribution in [1.82, 2.24) is 9.80 Å². The van der Waals surface area contributed by atoms with Gasteiger partial charge in [-0.15, -0.1) is 0 Å². The molecular weight excluding hydrogens is 558 g/mol. The van der Waals surface area contributed by atoms with Crippen LogP contribution in [0.4, 0.5) is 10.5 Å². The fourth-order valence-electron chi connectivity index (χ4n) is 5.66. The van der Waals surface area contributed by atoms with E-state index in [2.05, 4.69) is 15.9 Å². The van der Waals surface area contributed by atoms with Crippen LogP contribution in [0.1, 0.15) is 45.6 Å². The largest absolute Gasteiger partial charge is 0.457 e. The number of esters is 1. The Labute approximate surface area is 255 Å². The van der Waals surface area contributed by atoms with E-state index in [0.717, 1.165) is 43.0 Å². The Bertz CT molecular complexity index is 1130. The average Bonchev–Trinajstić information content (AvgIpc) is 2.96. The van der Waals surface area contributed by atoms with Crippen LogP contribution in [0.5, 0.6) is 0 Å². The van der Waals surface area contributed by atoms with Crippen LogP contribution in [0.3, 0.4) is 0 Å². The third kappa shape index (κ3) is 9.20. The summed E-state index contributed by atoms with van der Waals surface area (Å²) in [7, 11) is 2.04. The molecule has 232 valence electrons. The fraction of sp³-hybridized carbons (Fsp3) is 0.625. The number of anilines is 1. The molecule has 5 atom stereocenters. The van der Waals surface area contributed by atoms with Gasteiger partial charge < -0.3 is 34.0 Å². The molecule has 1 amide bonds. The molecule has 0 unspecified atom stereocenters. The molecule has 4 rings (SSSR count). The molecule has 0 radical (unpaired) electrons. The SMILES string of the molecule is C/C(=C\c1cc(Cl)cc(N2CCOCC2)c1)[C@H]1OC(=O)C[C@H](O)CC[C@H](C)[C@H](OC(=O)N2CCN(C)CC2)/C=C/[C@@H]1C. The van der Waals surface area contributed by atoms with Crippen molar-refractivity contribution in [2.24, 2.45) is 11.8 Å². The number of likely N-dealkylation sites (N-methyl/N-ethyl adjacent to an activating group) is 1. The van der Waals surface area contributed by atoms with E-state index in [1.54, 1.807) is 4.90 Å². The van der Waals surface area contributed by atoms with Gasteiger partial charge in [-0.1, -0.05) is 37.6 Å². The van der Waals surface area contributed by atoms with Crippen molar-refractivity contribution in [3.05, 3.63) is 46.5 Å². The summed E-state index contributed by atoms with van der Waals surface area (Å²) >= 11 is 6.50. The number of halogens is 1. The molecular formula is C32H46ClN3O6. The Kier molecular flexibility index (Phi) is 11.7. The molecule has 0 aliphatic carbocycles.